The Morgan fingerprint density at radius 1 is 1.19 bits per heavy atom. The molecule has 0 N–H and O–H groups in total. The molecule has 1 aromatic heterocycles. The van der Waals surface area contributed by atoms with Gasteiger partial charge in [0, 0.05) is 30.6 Å². The van der Waals surface area contributed by atoms with Crippen LogP contribution in [0.1, 0.15) is 5.56 Å². The maximum Gasteiger partial charge on any atom is 0.387 e. The minimum absolute atomic E-state index is 0.117. The van der Waals surface area contributed by atoms with Crippen molar-refractivity contribution in [3.05, 3.63) is 48.2 Å². The maximum absolute atomic E-state index is 12.6. The van der Waals surface area contributed by atoms with Crippen molar-refractivity contribution in [3.8, 4) is 5.75 Å². The zero-order valence-electron chi connectivity index (χ0n) is 14.3. The molecule has 2 heterocycles. The lowest BCUT2D eigenvalue weighted by Gasteiger charge is -2.25. The minimum Gasteiger partial charge on any atom is -0.435 e. The number of halogens is 2. The lowest BCUT2D eigenvalue weighted by molar-refractivity contribution is -0.0503. The number of ether oxygens (including phenoxy) is 2. The zero-order chi connectivity index (χ0) is 19.3. The van der Waals surface area contributed by atoms with Gasteiger partial charge in [-0.05, 0) is 18.2 Å². The van der Waals surface area contributed by atoms with E-state index in [0.29, 0.717) is 42.6 Å². The van der Waals surface area contributed by atoms with Crippen LogP contribution in [-0.4, -0.2) is 50.6 Å². The normalized spacial score (nSPS) is 15.8. The Hall–Kier alpha value is -1.75. The number of pyridine rings is 1. The number of aromatic nitrogens is 1. The second-order valence-corrected chi connectivity index (χ2v) is 8.56. The van der Waals surface area contributed by atoms with Crippen LogP contribution in [0, 0.1) is 0 Å². The zero-order valence-corrected chi connectivity index (χ0v) is 15.9. The van der Waals surface area contributed by atoms with Crippen molar-refractivity contribution in [3.63, 3.8) is 0 Å². The molecule has 6 nitrogen and oxygen atoms in total. The number of morpholine rings is 1. The molecular weight excluding hydrogens is 398 g/mol. The average Bonchev–Trinajstić information content (AvgIpc) is 2.68. The molecule has 1 fully saturated rings. The first-order chi connectivity index (χ1) is 13.0. The quantitative estimate of drug-likeness (QED) is 0.647. The van der Waals surface area contributed by atoms with Crippen LogP contribution in [-0.2, 0) is 20.5 Å². The Kier molecular flexibility index (Phi) is 6.64. The summed E-state index contributed by atoms with van der Waals surface area (Å²) in [6, 6.07) is 9.64. The summed E-state index contributed by atoms with van der Waals surface area (Å²) in [7, 11) is -3.59. The predicted molar refractivity (Wildman–Crippen MR) is 96.4 cm³/mol. The van der Waals surface area contributed by atoms with Gasteiger partial charge in [0.1, 0.15) is 10.6 Å². The van der Waals surface area contributed by atoms with Gasteiger partial charge in [0.05, 0.1) is 18.2 Å². The van der Waals surface area contributed by atoms with E-state index >= 15 is 0 Å². The summed E-state index contributed by atoms with van der Waals surface area (Å²) in [6.45, 7) is -1.50. The van der Waals surface area contributed by atoms with E-state index in [9.17, 15) is 17.2 Å². The molecule has 1 aliphatic heterocycles. The summed E-state index contributed by atoms with van der Waals surface area (Å²) in [5.74, 6) is 0.484. The summed E-state index contributed by atoms with van der Waals surface area (Å²) >= 11 is 1.31. The molecule has 0 aliphatic carbocycles. The Balaban J connectivity index is 1.66. The fourth-order valence-corrected chi connectivity index (χ4v) is 4.71. The van der Waals surface area contributed by atoms with Gasteiger partial charge in [0.25, 0.3) is 0 Å². The highest BCUT2D eigenvalue weighted by molar-refractivity contribution is 7.98. The number of benzene rings is 1. The third-order valence-electron chi connectivity index (χ3n) is 3.88. The fraction of sp³-hybridized carbons (Fsp3) is 0.353. The predicted octanol–water partition coefficient (Wildman–Crippen LogP) is 3.00. The average molecular weight is 416 g/mol. The number of hydrogen-bond donors (Lipinski definition) is 0. The van der Waals surface area contributed by atoms with E-state index < -0.39 is 16.6 Å². The Labute approximate surface area is 160 Å². The van der Waals surface area contributed by atoms with Crippen molar-refractivity contribution in [2.24, 2.45) is 0 Å². The number of thioether (sulfide) groups is 1. The highest BCUT2D eigenvalue weighted by Gasteiger charge is 2.26. The largest absolute Gasteiger partial charge is 0.435 e. The van der Waals surface area contributed by atoms with Gasteiger partial charge in [0.2, 0.25) is 10.0 Å². The Bertz CT molecular complexity index is 857. The highest BCUT2D eigenvalue weighted by atomic mass is 32.2. The molecule has 2 aromatic rings. The molecule has 0 unspecified atom stereocenters. The number of alkyl halides is 2. The monoisotopic (exact) mass is 416 g/mol. The van der Waals surface area contributed by atoms with Crippen molar-refractivity contribution in [2.45, 2.75) is 22.3 Å². The lowest BCUT2D eigenvalue weighted by Crippen LogP contribution is -2.40. The van der Waals surface area contributed by atoms with Crippen LogP contribution < -0.4 is 4.74 Å². The second kappa shape index (κ2) is 8.96. The van der Waals surface area contributed by atoms with Crippen molar-refractivity contribution in [1.29, 1.82) is 0 Å². The van der Waals surface area contributed by atoms with Gasteiger partial charge >= 0.3 is 6.61 Å². The molecule has 1 aliphatic rings. The first-order valence-electron chi connectivity index (χ1n) is 8.16. The van der Waals surface area contributed by atoms with E-state index in [4.69, 9.17) is 4.74 Å². The van der Waals surface area contributed by atoms with Crippen molar-refractivity contribution < 1.29 is 26.7 Å². The molecule has 0 bridgehead atoms. The van der Waals surface area contributed by atoms with Gasteiger partial charge in [-0.25, -0.2) is 13.4 Å². The van der Waals surface area contributed by atoms with E-state index in [0.717, 1.165) is 0 Å². The molecule has 1 saturated heterocycles. The van der Waals surface area contributed by atoms with Gasteiger partial charge in [0.15, 0.2) is 0 Å². The number of nitrogens with zero attached hydrogens (tertiary/aromatic N) is 2. The molecule has 146 valence electrons. The topological polar surface area (TPSA) is 68.7 Å². The Morgan fingerprint density at radius 3 is 2.59 bits per heavy atom. The lowest BCUT2D eigenvalue weighted by atomic mass is 10.2. The minimum atomic E-state index is -3.59. The van der Waals surface area contributed by atoms with Crippen LogP contribution in [0.15, 0.2) is 52.5 Å². The standard InChI is InChI=1S/C17H18F2N2O4S2/c18-17(19)25-15-4-2-1-3-13(15)12-26-16-6-5-14(11-20-16)27(22,23)21-7-9-24-10-8-21/h1-6,11,17H,7-10,12H2. The highest BCUT2D eigenvalue weighted by Crippen LogP contribution is 2.28. The van der Waals surface area contributed by atoms with Gasteiger partial charge in [-0.3, -0.25) is 0 Å². The van der Waals surface area contributed by atoms with Gasteiger partial charge in [-0.1, -0.05) is 18.2 Å². The molecule has 27 heavy (non-hydrogen) atoms. The molecule has 3 rings (SSSR count). The van der Waals surface area contributed by atoms with Gasteiger partial charge in [-0.15, -0.1) is 11.8 Å². The molecule has 1 aromatic carbocycles. The summed E-state index contributed by atoms with van der Waals surface area (Å²) in [6.07, 6.45) is 1.31. The molecular formula is C17H18F2N2O4S2. The van der Waals surface area contributed by atoms with Crippen molar-refractivity contribution >= 4 is 21.8 Å². The molecule has 0 saturated carbocycles. The number of sulfonamides is 1. The van der Waals surface area contributed by atoms with Gasteiger partial charge in [-0.2, -0.15) is 13.1 Å². The molecule has 10 heteroatoms. The molecule has 0 radical (unpaired) electrons. The van der Waals surface area contributed by atoms with E-state index in [2.05, 4.69) is 9.72 Å². The van der Waals surface area contributed by atoms with Crippen molar-refractivity contribution in [2.75, 3.05) is 26.3 Å². The summed E-state index contributed by atoms with van der Waals surface area (Å²) in [5.41, 5.74) is 0.606. The molecule has 0 spiro atoms. The van der Waals surface area contributed by atoms with Crippen LogP contribution in [0.4, 0.5) is 8.78 Å². The van der Waals surface area contributed by atoms with Gasteiger partial charge < -0.3 is 9.47 Å². The van der Waals surface area contributed by atoms with E-state index in [-0.39, 0.29) is 10.6 Å². The maximum atomic E-state index is 12.6. The van der Waals surface area contributed by atoms with Crippen molar-refractivity contribution in [1.82, 2.24) is 9.29 Å². The van der Waals surface area contributed by atoms with E-state index in [1.54, 1.807) is 24.3 Å². The molecule has 0 amide bonds. The van der Waals surface area contributed by atoms with Crippen LogP contribution in [0.3, 0.4) is 0 Å². The van der Waals surface area contributed by atoms with E-state index in [1.165, 1.54) is 34.4 Å². The third-order valence-corrected chi connectivity index (χ3v) is 6.76. The van der Waals surface area contributed by atoms with E-state index in [1.807, 2.05) is 0 Å². The number of para-hydroxylation sites is 1. The molecule has 0 atom stereocenters. The number of hydrogen-bond acceptors (Lipinski definition) is 6. The smallest absolute Gasteiger partial charge is 0.387 e. The Morgan fingerprint density at radius 2 is 1.93 bits per heavy atom. The second-order valence-electron chi connectivity index (χ2n) is 5.62. The van der Waals surface area contributed by atoms with Crippen LogP contribution in [0.2, 0.25) is 0 Å². The van der Waals surface area contributed by atoms with Crippen LogP contribution >= 0.6 is 11.8 Å². The SMILES string of the molecule is O=S(=O)(c1ccc(SCc2ccccc2OC(F)F)nc1)N1CCOCC1. The summed E-state index contributed by atoms with van der Waals surface area (Å²) < 4.78 is 61.1. The third kappa shape index (κ3) is 5.16. The summed E-state index contributed by atoms with van der Waals surface area (Å²) in [4.78, 5) is 4.30. The summed E-state index contributed by atoms with van der Waals surface area (Å²) in [5, 5.41) is 0.586. The first-order valence-corrected chi connectivity index (χ1v) is 10.6. The fourth-order valence-electron chi connectivity index (χ4n) is 2.53. The number of rotatable bonds is 7. The first kappa shape index (κ1) is 20.0. The van der Waals surface area contributed by atoms with Crippen LogP contribution in [0.5, 0.6) is 5.75 Å². The van der Waals surface area contributed by atoms with Crippen LogP contribution in [0.25, 0.3) is 0 Å².